The molecule has 2 heterocycles. The van der Waals surface area contributed by atoms with E-state index in [1.807, 2.05) is 36.4 Å². The third-order valence-electron chi connectivity index (χ3n) is 4.55. The summed E-state index contributed by atoms with van der Waals surface area (Å²) in [5, 5.41) is 6.57. The molecule has 2 aliphatic heterocycles. The lowest BCUT2D eigenvalue weighted by molar-refractivity contribution is -0.121. The Morgan fingerprint density at radius 3 is 2.60 bits per heavy atom. The molecule has 1 spiro atoms. The van der Waals surface area contributed by atoms with Crippen LogP contribution in [0.1, 0.15) is 23.6 Å². The summed E-state index contributed by atoms with van der Waals surface area (Å²) in [5.41, 5.74) is 2.81. The number of benzene rings is 2. The van der Waals surface area contributed by atoms with Gasteiger partial charge in [-0.05, 0) is 30.2 Å². The molecule has 3 heteroatoms. The Morgan fingerprint density at radius 1 is 1.00 bits per heavy atom. The first-order valence-corrected chi connectivity index (χ1v) is 7.02. The zero-order valence-electron chi connectivity index (χ0n) is 11.1. The van der Waals surface area contributed by atoms with Crippen LogP contribution in [0.2, 0.25) is 0 Å². The Bertz CT molecular complexity index is 668. The number of hydrogen-bond acceptors (Lipinski definition) is 2. The van der Waals surface area contributed by atoms with Crippen molar-refractivity contribution < 1.29 is 4.79 Å². The Morgan fingerprint density at radius 2 is 1.75 bits per heavy atom. The molecule has 0 aromatic heterocycles. The van der Waals surface area contributed by atoms with Crippen molar-refractivity contribution in [3.05, 3.63) is 65.7 Å². The van der Waals surface area contributed by atoms with E-state index in [0.717, 1.165) is 24.2 Å². The van der Waals surface area contributed by atoms with Crippen molar-refractivity contribution in [3.63, 3.8) is 0 Å². The smallest absolute Gasteiger partial charge is 0.237 e. The summed E-state index contributed by atoms with van der Waals surface area (Å²) >= 11 is 0. The molecule has 0 saturated carbocycles. The number of carbonyl (C=O) groups is 1. The second-order valence-corrected chi connectivity index (χ2v) is 5.52. The zero-order valence-corrected chi connectivity index (χ0v) is 11.1. The quantitative estimate of drug-likeness (QED) is 0.831. The predicted molar refractivity (Wildman–Crippen MR) is 78.6 cm³/mol. The van der Waals surface area contributed by atoms with Crippen molar-refractivity contribution in [3.8, 4) is 0 Å². The van der Waals surface area contributed by atoms with Crippen LogP contribution in [0.15, 0.2) is 54.6 Å². The summed E-state index contributed by atoms with van der Waals surface area (Å²) in [5.74, 6) is 0.123. The number of para-hydroxylation sites is 1. The Kier molecular flexibility index (Phi) is 2.44. The predicted octanol–water partition coefficient (Wildman–Crippen LogP) is 2.61. The topological polar surface area (TPSA) is 41.1 Å². The second kappa shape index (κ2) is 4.18. The van der Waals surface area contributed by atoms with E-state index in [2.05, 4.69) is 28.8 Å². The standard InChI is InChI=1S/C17H16N2O/c20-16-17(13-8-4-5-9-14(13)19-16)10-11-18-15(17)12-6-2-1-3-7-12/h1-9,15,18H,10-11H2,(H,19,20)/t15?,17-/m0/s1. The van der Waals surface area contributed by atoms with Gasteiger partial charge in [0.05, 0.1) is 11.5 Å². The van der Waals surface area contributed by atoms with Crippen LogP contribution in [-0.4, -0.2) is 12.5 Å². The van der Waals surface area contributed by atoms with Crippen LogP contribution in [0, 0.1) is 0 Å². The molecular weight excluding hydrogens is 248 g/mol. The molecule has 20 heavy (non-hydrogen) atoms. The minimum absolute atomic E-state index is 0.0485. The lowest BCUT2D eigenvalue weighted by Gasteiger charge is -2.29. The average molecular weight is 264 g/mol. The molecule has 4 rings (SSSR count). The van der Waals surface area contributed by atoms with Gasteiger partial charge in [0.1, 0.15) is 0 Å². The van der Waals surface area contributed by atoms with Gasteiger partial charge in [-0.15, -0.1) is 0 Å². The van der Waals surface area contributed by atoms with Crippen LogP contribution >= 0.6 is 0 Å². The van der Waals surface area contributed by atoms with Crippen molar-refractivity contribution in [2.24, 2.45) is 0 Å². The minimum Gasteiger partial charge on any atom is -0.325 e. The first-order chi connectivity index (χ1) is 9.82. The van der Waals surface area contributed by atoms with Gasteiger partial charge in [-0.2, -0.15) is 0 Å². The van der Waals surface area contributed by atoms with Gasteiger partial charge in [-0.25, -0.2) is 0 Å². The number of hydrogen-bond donors (Lipinski definition) is 2. The number of anilines is 1. The van der Waals surface area contributed by atoms with E-state index in [9.17, 15) is 4.79 Å². The molecule has 2 aromatic carbocycles. The minimum atomic E-state index is -0.460. The highest BCUT2D eigenvalue weighted by Crippen LogP contribution is 2.50. The molecule has 0 bridgehead atoms. The molecule has 0 aliphatic carbocycles. The van der Waals surface area contributed by atoms with E-state index >= 15 is 0 Å². The van der Waals surface area contributed by atoms with Crippen LogP contribution in [-0.2, 0) is 10.2 Å². The molecule has 2 atom stereocenters. The van der Waals surface area contributed by atoms with E-state index in [1.165, 1.54) is 5.56 Å². The van der Waals surface area contributed by atoms with Gasteiger partial charge in [0.2, 0.25) is 5.91 Å². The van der Waals surface area contributed by atoms with Crippen LogP contribution in [0.4, 0.5) is 5.69 Å². The number of nitrogens with one attached hydrogen (secondary N) is 2. The van der Waals surface area contributed by atoms with Gasteiger partial charge in [0.25, 0.3) is 0 Å². The Labute approximate surface area is 118 Å². The van der Waals surface area contributed by atoms with Gasteiger partial charge in [0.15, 0.2) is 0 Å². The normalized spacial score (nSPS) is 27.6. The van der Waals surface area contributed by atoms with Crippen LogP contribution in [0.3, 0.4) is 0 Å². The SMILES string of the molecule is O=C1Nc2ccccc2[C@]12CCNC2c1ccccc1. The largest absolute Gasteiger partial charge is 0.325 e. The van der Waals surface area contributed by atoms with Gasteiger partial charge >= 0.3 is 0 Å². The molecule has 2 N–H and O–H groups in total. The van der Waals surface area contributed by atoms with Crippen LogP contribution in [0.5, 0.6) is 0 Å². The third kappa shape index (κ3) is 1.41. The fourth-order valence-corrected chi connectivity index (χ4v) is 3.65. The number of rotatable bonds is 1. The number of carbonyl (C=O) groups excluding carboxylic acids is 1. The monoisotopic (exact) mass is 264 g/mol. The van der Waals surface area contributed by atoms with E-state index in [1.54, 1.807) is 0 Å². The highest BCUT2D eigenvalue weighted by molar-refractivity contribution is 6.07. The van der Waals surface area contributed by atoms with Crippen molar-refractivity contribution in [2.75, 3.05) is 11.9 Å². The maximum Gasteiger partial charge on any atom is 0.237 e. The first-order valence-electron chi connectivity index (χ1n) is 7.02. The first kappa shape index (κ1) is 11.7. The third-order valence-corrected chi connectivity index (χ3v) is 4.55. The summed E-state index contributed by atoms with van der Waals surface area (Å²) < 4.78 is 0. The summed E-state index contributed by atoms with van der Waals surface area (Å²) in [6, 6.07) is 18.4. The molecule has 1 fully saturated rings. The molecule has 1 amide bonds. The number of amides is 1. The van der Waals surface area contributed by atoms with E-state index in [4.69, 9.17) is 0 Å². The molecule has 2 aliphatic rings. The molecule has 1 saturated heterocycles. The van der Waals surface area contributed by atoms with Crippen molar-refractivity contribution >= 4 is 11.6 Å². The number of fused-ring (bicyclic) bond motifs is 2. The lowest BCUT2D eigenvalue weighted by Crippen LogP contribution is -2.39. The van der Waals surface area contributed by atoms with Crippen molar-refractivity contribution in [1.82, 2.24) is 5.32 Å². The Balaban J connectivity index is 1.89. The summed E-state index contributed by atoms with van der Waals surface area (Å²) in [7, 11) is 0. The van der Waals surface area contributed by atoms with Gasteiger partial charge in [0, 0.05) is 5.69 Å². The van der Waals surface area contributed by atoms with E-state index in [-0.39, 0.29) is 11.9 Å². The maximum absolute atomic E-state index is 12.7. The van der Waals surface area contributed by atoms with Crippen LogP contribution < -0.4 is 10.6 Å². The highest BCUT2D eigenvalue weighted by atomic mass is 16.2. The van der Waals surface area contributed by atoms with E-state index < -0.39 is 5.41 Å². The fourth-order valence-electron chi connectivity index (χ4n) is 3.65. The summed E-state index contributed by atoms with van der Waals surface area (Å²) in [6.07, 6.45) is 0.843. The van der Waals surface area contributed by atoms with Gasteiger partial charge in [-0.1, -0.05) is 48.5 Å². The highest BCUT2D eigenvalue weighted by Gasteiger charge is 2.55. The van der Waals surface area contributed by atoms with Crippen LogP contribution in [0.25, 0.3) is 0 Å². The maximum atomic E-state index is 12.7. The fraction of sp³-hybridized carbons (Fsp3) is 0.235. The van der Waals surface area contributed by atoms with Crippen molar-refractivity contribution in [2.45, 2.75) is 17.9 Å². The summed E-state index contributed by atoms with van der Waals surface area (Å²) in [4.78, 5) is 12.7. The molecular formula is C17H16N2O. The second-order valence-electron chi connectivity index (χ2n) is 5.52. The van der Waals surface area contributed by atoms with Gasteiger partial charge in [-0.3, -0.25) is 4.79 Å². The molecule has 2 aromatic rings. The average Bonchev–Trinajstić information content (AvgIpc) is 3.05. The molecule has 0 radical (unpaired) electrons. The zero-order chi connectivity index (χ0) is 13.6. The lowest BCUT2D eigenvalue weighted by atomic mass is 9.73. The van der Waals surface area contributed by atoms with Crippen molar-refractivity contribution in [1.29, 1.82) is 0 Å². The summed E-state index contributed by atoms with van der Waals surface area (Å²) in [6.45, 7) is 0.862. The van der Waals surface area contributed by atoms with Gasteiger partial charge < -0.3 is 10.6 Å². The molecule has 3 nitrogen and oxygen atoms in total. The van der Waals surface area contributed by atoms with E-state index in [0.29, 0.717) is 0 Å². The molecule has 100 valence electrons. The molecule has 1 unspecified atom stereocenters. The Hall–Kier alpha value is -2.13.